The number of benzene rings is 3. The highest BCUT2D eigenvalue weighted by Crippen LogP contribution is 2.32. The Bertz CT molecular complexity index is 1450. The highest BCUT2D eigenvalue weighted by molar-refractivity contribution is 7.92. The fourth-order valence-corrected chi connectivity index (χ4v) is 4.04. The fourth-order valence-electron chi connectivity index (χ4n) is 3.05. The zero-order chi connectivity index (χ0) is 24.1. The van der Waals surface area contributed by atoms with Crippen molar-refractivity contribution < 1.29 is 17.9 Å². The largest absolute Gasteiger partial charge is 0.497 e. The molecule has 0 atom stereocenters. The summed E-state index contributed by atoms with van der Waals surface area (Å²) in [6.45, 7) is 0. The Kier molecular flexibility index (Phi) is 6.80. The first kappa shape index (κ1) is 23.3. The predicted octanol–water partition coefficient (Wildman–Crippen LogP) is 4.16. The van der Waals surface area contributed by atoms with Gasteiger partial charge < -0.3 is 15.4 Å². The first-order valence-electron chi connectivity index (χ1n) is 10.1. The number of sulfonamides is 1. The average molecular weight is 498 g/mol. The summed E-state index contributed by atoms with van der Waals surface area (Å²) < 4.78 is 33.2. The highest BCUT2D eigenvalue weighted by atomic mass is 35.5. The van der Waals surface area contributed by atoms with Gasteiger partial charge in [-0.1, -0.05) is 41.9 Å². The van der Waals surface area contributed by atoms with Gasteiger partial charge in [0.25, 0.3) is 15.9 Å². The molecule has 4 rings (SSSR count). The van der Waals surface area contributed by atoms with E-state index in [4.69, 9.17) is 16.3 Å². The molecule has 3 N–H and O–H groups in total. The molecule has 0 spiro atoms. The van der Waals surface area contributed by atoms with Crippen LogP contribution in [0.15, 0.2) is 72.8 Å². The third-order valence-electron chi connectivity index (χ3n) is 4.71. The maximum atomic E-state index is 12.8. The molecule has 1 amide bonds. The lowest BCUT2D eigenvalue weighted by Gasteiger charge is -2.15. The Morgan fingerprint density at radius 1 is 0.941 bits per heavy atom. The minimum Gasteiger partial charge on any atom is -0.497 e. The molecule has 4 aromatic rings. The van der Waals surface area contributed by atoms with Crippen LogP contribution < -0.4 is 20.1 Å². The first-order valence-corrected chi connectivity index (χ1v) is 12.1. The maximum absolute atomic E-state index is 12.8. The molecule has 0 radical (unpaired) electrons. The van der Waals surface area contributed by atoms with Gasteiger partial charge in [-0.2, -0.15) is 0 Å². The molecule has 0 aliphatic carbocycles. The third-order valence-corrected chi connectivity index (χ3v) is 6.07. The number of para-hydroxylation sites is 2. The Morgan fingerprint density at radius 3 is 2.26 bits per heavy atom. The predicted molar refractivity (Wildman–Crippen MR) is 132 cm³/mol. The number of methoxy groups -OCH3 is 1. The molecular formula is C23H20ClN5O4S. The zero-order valence-electron chi connectivity index (χ0n) is 17.9. The van der Waals surface area contributed by atoms with Crippen molar-refractivity contribution >= 4 is 55.9 Å². The van der Waals surface area contributed by atoms with Gasteiger partial charge in [0.2, 0.25) is 0 Å². The van der Waals surface area contributed by atoms with E-state index in [-0.39, 0.29) is 11.6 Å². The number of amides is 1. The molecule has 0 saturated carbocycles. The molecule has 0 aliphatic heterocycles. The van der Waals surface area contributed by atoms with Crippen LogP contribution in [0.3, 0.4) is 0 Å². The second-order valence-electron chi connectivity index (χ2n) is 7.11. The topological polar surface area (TPSA) is 122 Å². The molecule has 34 heavy (non-hydrogen) atoms. The molecule has 0 bridgehead atoms. The summed E-state index contributed by atoms with van der Waals surface area (Å²) in [6.07, 6.45) is 0. The number of fused-ring (bicyclic) bond motifs is 1. The Balaban J connectivity index is 1.62. The van der Waals surface area contributed by atoms with Gasteiger partial charge in [0.1, 0.15) is 11.6 Å². The van der Waals surface area contributed by atoms with Gasteiger partial charge in [-0.3, -0.25) is 9.52 Å². The highest BCUT2D eigenvalue weighted by Gasteiger charge is 2.19. The van der Waals surface area contributed by atoms with E-state index < -0.39 is 21.8 Å². The Morgan fingerprint density at radius 2 is 1.59 bits per heavy atom. The number of hydrogen-bond acceptors (Lipinski definition) is 7. The summed E-state index contributed by atoms with van der Waals surface area (Å²) in [5.41, 5.74) is 1.82. The molecule has 1 aromatic heterocycles. The summed E-state index contributed by atoms with van der Waals surface area (Å²) >= 11 is 6.30. The standard InChI is InChI=1S/C23H20ClN5O4S/c1-33-16-11-12-17(24)20(13-16)28-21-22(27-19-10-6-5-9-18(19)26-21)29-34(31,32)14-25-23(30)15-7-3-2-4-8-15/h2-13H,14H2,1H3,(H,25,30)(H,26,28)(H,27,29). The molecule has 1 heterocycles. The van der Waals surface area contributed by atoms with E-state index in [1.54, 1.807) is 72.8 Å². The quantitative estimate of drug-likeness (QED) is 0.334. The van der Waals surface area contributed by atoms with E-state index in [1.165, 1.54) is 7.11 Å². The first-order chi connectivity index (χ1) is 16.3. The molecule has 11 heteroatoms. The van der Waals surface area contributed by atoms with Crippen molar-refractivity contribution in [2.45, 2.75) is 0 Å². The van der Waals surface area contributed by atoms with Gasteiger partial charge in [0.15, 0.2) is 11.6 Å². The summed E-state index contributed by atoms with van der Waals surface area (Å²) in [6, 6.07) is 20.3. The van der Waals surface area contributed by atoms with Crippen molar-refractivity contribution in [2.24, 2.45) is 0 Å². The Labute approximate surface area is 201 Å². The molecule has 9 nitrogen and oxygen atoms in total. The van der Waals surface area contributed by atoms with Gasteiger partial charge in [0.05, 0.1) is 28.9 Å². The maximum Gasteiger partial charge on any atom is 0.252 e. The van der Waals surface area contributed by atoms with Crippen LogP contribution in [0.25, 0.3) is 11.0 Å². The number of hydrogen-bond donors (Lipinski definition) is 3. The van der Waals surface area contributed by atoms with Crippen LogP contribution in [0.2, 0.25) is 5.02 Å². The van der Waals surface area contributed by atoms with Crippen LogP contribution in [-0.2, 0) is 10.0 Å². The third kappa shape index (κ3) is 5.53. The lowest BCUT2D eigenvalue weighted by Crippen LogP contribution is -2.33. The van der Waals surface area contributed by atoms with E-state index in [9.17, 15) is 13.2 Å². The number of rotatable bonds is 8. The van der Waals surface area contributed by atoms with Gasteiger partial charge in [0, 0.05) is 11.6 Å². The average Bonchev–Trinajstić information content (AvgIpc) is 2.84. The minimum atomic E-state index is -4.03. The number of anilines is 3. The molecule has 0 aliphatic rings. The van der Waals surface area contributed by atoms with Crippen LogP contribution in [0.5, 0.6) is 5.75 Å². The van der Waals surface area contributed by atoms with Gasteiger partial charge in [-0.15, -0.1) is 0 Å². The number of carbonyl (C=O) groups excluding carboxylic acids is 1. The van der Waals surface area contributed by atoms with Gasteiger partial charge in [-0.05, 0) is 36.4 Å². The smallest absolute Gasteiger partial charge is 0.252 e. The van der Waals surface area contributed by atoms with E-state index in [2.05, 4.69) is 25.3 Å². The number of carbonyl (C=O) groups is 1. The van der Waals surface area contributed by atoms with Crippen molar-refractivity contribution in [3.05, 3.63) is 83.4 Å². The number of nitrogens with one attached hydrogen (secondary N) is 3. The van der Waals surface area contributed by atoms with Crippen molar-refractivity contribution in [2.75, 3.05) is 23.0 Å². The monoisotopic (exact) mass is 497 g/mol. The summed E-state index contributed by atoms with van der Waals surface area (Å²) in [5.74, 6) is -0.545. The number of ether oxygens (including phenoxy) is 1. The van der Waals surface area contributed by atoms with Crippen LogP contribution >= 0.6 is 11.6 Å². The summed E-state index contributed by atoms with van der Waals surface area (Å²) in [7, 11) is -2.51. The number of nitrogens with zero attached hydrogens (tertiary/aromatic N) is 2. The van der Waals surface area contributed by atoms with Gasteiger partial charge >= 0.3 is 0 Å². The van der Waals surface area contributed by atoms with E-state index >= 15 is 0 Å². The van der Waals surface area contributed by atoms with Crippen LogP contribution in [0.1, 0.15) is 10.4 Å². The van der Waals surface area contributed by atoms with Crippen LogP contribution in [-0.4, -0.2) is 37.3 Å². The molecule has 0 saturated heterocycles. The molecule has 174 valence electrons. The Hall–Kier alpha value is -3.89. The lowest BCUT2D eigenvalue weighted by atomic mass is 10.2. The molecule has 3 aromatic carbocycles. The van der Waals surface area contributed by atoms with Crippen molar-refractivity contribution in [3.63, 3.8) is 0 Å². The molecular weight excluding hydrogens is 478 g/mol. The van der Waals surface area contributed by atoms with E-state index in [1.807, 2.05) is 0 Å². The summed E-state index contributed by atoms with van der Waals surface area (Å²) in [5, 5.41) is 5.79. The van der Waals surface area contributed by atoms with Crippen molar-refractivity contribution in [1.29, 1.82) is 0 Å². The van der Waals surface area contributed by atoms with E-state index in [0.717, 1.165) is 0 Å². The molecule has 0 fully saturated rings. The fraction of sp³-hybridized carbons (Fsp3) is 0.0870. The molecule has 0 unspecified atom stereocenters. The van der Waals surface area contributed by atoms with Crippen LogP contribution in [0.4, 0.5) is 17.3 Å². The lowest BCUT2D eigenvalue weighted by molar-refractivity contribution is 0.0960. The summed E-state index contributed by atoms with van der Waals surface area (Å²) in [4.78, 5) is 21.2. The van der Waals surface area contributed by atoms with Crippen LogP contribution in [0, 0.1) is 0 Å². The van der Waals surface area contributed by atoms with Crippen molar-refractivity contribution in [1.82, 2.24) is 15.3 Å². The second-order valence-corrected chi connectivity index (χ2v) is 9.24. The number of aromatic nitrogens is 2. The van der Waals surface area contributed by atoms with E-state index in [0.29, 0.717) is 33.1 Å². The van der Waals surface area contributed by atoms with Crippen molar-refractivity contribution in [3.8, 4) is 5.75 Å². The second kappa shape index (κ2) is 9.94. The zero-order valence-corrected chi connectivity index (χ0v) is 19.5. The minimum absolute atomic E-state index is 0.0495. The van der Waals surface area contributed by atoms with Gasteiger partial charge in [-0.25, -0.2) is 18.4 Å². The normalized spacial score (nSPS) is 11.1. The number of halogens is 1. The SMILES string of the molecule is COc1ccc(Cl)c(Nc2nc3ccccc3nc2NS(=O)(=O)CNC(=O)c2ccccc2)c1.